The van der Waals surface area contributed by atoms with Crippen LogP contribution in [0.5, 0.6) is 0 Å². The summed E-state index contributed by atoms with van der Waals surface area (Å²) in [6, 6.07) is 5.63. The summed E-state index contributed by atoms with van der Waals surface area (Å²) in [5, 5.41) is 13.8. The van der Waals surface area contributed by atoms with E-state index in [1.54, 1.807) is 6.92 Å². The zero-order chi connectivity index (χ0) is 10.1. The number of aliphatic hydroxyl groups excluding tert-OH is 1. The van der Waals surface area contributed by atoms with Gasteiger partial charge in [0.05, 0.1) is 4.70 Å². The van der Waals surface area contributed by atoms with Gasteiger partial charge >= 0.3 is 0 Å². The Hall–Kier alpha value is -1.26. The molecular weight excluding hydrogens is 196 g/mol. The molecule has 2 aromatic rings. The van der Waals surface area contributed by atoms with Crippen LogP contribution in [0.4, 0.5) is 0 Å². The average Bonchev–Trinajstić information content (AvgIpc) is 2.63. The van der Waals surface area contributed by atoms with Crippen molar-refractivity contribution in [1.29, 1.82) is 0 Å². The molecule has 2 rings (SSSR count). The number of hydrogen-bond acceptors (Lipinski definition) is 4. The lowest BCUT2D eigenvalue weighted by Gasteiger charge is -2.10. The third-order valence-electron chi connectivity index (χ3n) is 2.07. The molecule has 0 aliphatic rings. The van der Waals surface area contributed by atoms with Crippen molar-refractivity contribution in [3.8, 4) is 0 Å². The summed E-state index contributed by atoms with van der Waals surface area (Å²) in [6.07, 6.45) is -0.624. The van der Waals surface area contributed by atoms with Crippen molar-refractivity contribution in [2.75, 3.05) is 0 Å². The summed E-state index contributed by atoms with van der Waals surface area (Å²) in [7, 11) is 0. The molecule has 1 N–H and O–H groups in total. The Morgan fingerprint density at radius 2 is 2.36 bits per heavy atom. The quantitative estimate of drug-likeness (QED) is 0.767. The van der Waals surface area contributed by atoms with Crippen LogP contribution in [0.25, 0.3) is 10.2 Å². The highest BCUT2D eigenvalue weighted by molar-refractivity contribution is 7.13. The third kappa shape index (κ3) is 1.42. The topological polar surface area (TPSA) is 46.0 Å². The Labute approximate surface area is 85.9 Å². The maximum atomic E-state index is 9.87. The average molecular weight is 206 g/mol. The highest BCUT2D eigenvalue weighted by Gasteiger charge is 2.13. The van der Waals surface area contributed by atoms with Gasteiger partial charge in [0.2, 0.25) is 0 Å². The second kappa shape index (κ2) is 3.48. The number of aromatic nitrogens is 2. The minimum atomic E-state index is -0.624. The molecule has 0 bridgehead atoms. The Balaban J connectivity index is 2.61. The van der Waals surface area contributed by atoms with Crippen molar-refractivity contribution < 1.29 is 5.11 Å². The largest absolute Gasteiger partial charge is 0.384 e. The van der Waals surface area contributed by atoms with Crippen LogP contribution in [0, 0.1) is 0 Å². The second-order valence-corrected chi connectivity index (χ2v) is 3.97. The molecular formula is C10H10N2OS. The monoisotopic (exact) mass is 206 g/mol. The van der Waals surface area contributed by atoms with Gasteiger partial charge in [0.15, 0.2) is 0 Å². The van der Waals surface area contributed by atoms with E-state index in [4.69, 9.17) is 0 Å². The van der Waals surface area contributed by atoms with E-state index < -0.39 is 6.10 Å². The zero-order valence-corrected chi connectivity index (χ0v) is 8.58. The molecule has 1 heterocycles. The van der Waals surface area contributed by atoms with Gasteiger partial charge in [0, 0.05) is 5.56 Å². The first-order valence-electron chi connectivity index (χ1n) is 4.24. The SMILES string of the molecule is C=C(C)C(O)c1cccc2nnsc12. The molecule has 0 saturated heterocycles. The van der Waals surface area contributed by atoms with Crippen molar-refractivity contribution in [1.82, 2.24) is 9.59 Å². The van der Waals surface area contributed by atoms with E-state index in [0.29, 0.717) is 0 Å². The summed E-state index contributed by atoms with van der Waals surface area (Å²) < 4.78 is 4.79. The predicted molar refractivity (Wildman–Crippen MR) is 57.2 cm³/mol. The first kappa shape index (κ1) is 9.30. The molecule has 0 spiro atoms. The lowest BCUT2D eigenvalue weighted by atomic mass is 10.0. The minimum absolute atomic E-state index is 0.624. The van der Waals surface area contributed by atoms with E-state index in [1.807, 2.05) is 18.2 Å². The van der Waals surface area contributed by atoms with Crippen molar-refractivity contribution >= 4 is 21.7 Å². The van der Waals surface area contributed by atoms with Gasteiger partial charge in [-0.3, -0.25) is 0 Å². The summed E-state index contributed by atoms with van der Waals surface area (Å²) in [4.78, 5) is 0. The highest BCUT2D eigenvalue weighted by Crippen LogP contribution is 2.28. The van der Waals surface area contributed by atoms with Crippen LogP contribution in [0.1, 0.15) is 18.6 Å². The Morgan fingerprint density at radius 1 is 1.57 bits per heavy atom. The van der Waals surface area contributed by atoms with Crippen LogP contribution in [0.15, 0.2) is 30.4 Å². The first-order chi connectivity index (χ1) is 6.70. The fraction of sp³-hybridized carbons (Fsp3) is 0.200. The van der Waals surface area contributed by atoms with E-state index in [9.17, 15) is 5.11 Å². The molecule has 4 heteroatoms. The molecule has 1 aromatic carbocycles. The van der Waals surface area contributed by atoms with Gasteiger partial charge in [-0.25, -0.2) is 0 Å². The van der Waals surface area contributed by atoms with Gasteiger partial charge in [0.1, 0.15) is 11.6 Å². The van der Waals surface area contributed by atoms with Crippen LogP contribution in [0.2, 0.25) is 0 Å². The molecule has 1 aromatic heterocycles. The van der Waals surface area contributed by atoms with Crippen molar-refractivity contribution in [3.63, 3.8) is 0 Å². The maximum absolute atomic E-state index is 9.87. The van der Waals surface area contributed by atoms with Crippen LogP contribution in [-0.4, -0.2) is 14.7 Å². The lowest BCUT2D eigenvalue weighted by molar-refractivity contribution is 0.218. The van der Waals surface area contributed by atoms with Gasteiger partial charge in [-0.2, -0.15) is 0 Å². The minimum Gasteiger partial charge on any atom is -0.384 e. The van der Waals surface area contributed by atoms with Crippen molar-refractivity contribution in [2.24, 2.45) is 0 Å². The Bertz CT molecular complexity index is 478. The predicted octanol–water partition coefficient (Wildman–Crippen LogP) is 2.30. The smallest absolute Gasteiger partial charge is 0.106 e. The van der Waals surface area contributed by atoms with Crippen LogP contribution < -0.4 is 0 Å². The first-order valence-corrected chi connectivity index (χ1v) is 5.02. The number of nitrogens with zero attached hydrogens (tertiary/aromatic N) is 2. The molecule has 72 valence electrons. The van der Waals surface area contributed by atoms with E-state index in [-0.39, 0.29) is 0 Å². The highest BCUT2D eigenvalue weighted by atomic mass is 32.1. The molecule has 0 aliphatic heterocycles. The molecule has 0 saturated carbocycles. The van der Waals surface area contributed by atoms with Gasteiger partial charge in [-0.05, 0) is 30.1 Å². The van der Waals surface area contributed by atoms with E-state index in [0.717, 1.165) is 21.4 Å². The van der Waals surface area contributed by atoms with Gasteiger partial charge in [-0.15, -0.1) is 5.10 Å². The molecule has 1 unspecified atom stereocenters. The zero-order valence-electron chi connectivity index (χ0n) is 7.77. The number of fused-ring (bicyclic) bond motifs is 1. The van der Waals surface area contributed by atoms with Crippen LogP contribution in [0.3, 0.4) is 0 Å². The van der Waals surface area contributed by atoms with E-state index in [1.165, 1.54) is 11.5 Å². The van der Waals surface area contributed by atoms with Gasteiger partial charge in [0.25, 0.3) is 0 Å². The molecule has 0 amide bonds. The number of rotatable bonds is 2. The lowest BCUT2D eigenvalue weighted by Crippen LogP contribution is -1.97. The van der Waals surface area contributed by atoms with Crippen LogP contribution >= 0.6 is 11.5 Å². The molecule has 14 heavy (non-hydrogen) atoms. The molecule has 0 fully saturated rings. The van der Waals surface area contributed by atoms with E-state index in [2.05, 4.69) is 16.2 Å². The molecule has 0 aliphatic carbocycles. The normalized spacial score (nSPS) is 13.0. The third-order valence-corrected chi connectivity index (χ3v) is 2.86. The standard InChI is InChI=1S/C10H10N2OS/c1-6(2)9(13)7-4-3-5-8-10(7)14-12-11-8/h3-5,9,13H,1H2,2H3. The van der Waals surface area contributed by atoms with E-state index >= 15 is 0 Å². The Morgan fingerprint density at radius 3 is 3.07 bits per heavy atom. The van der Waals surface area contributed by atoms with Crippen molar-refractivity contribution in [3.05, 3.63) is 35.9 Å². The summed E-state index contributed by atoms with van der Waals surface area (Å²) in [5.74, 6) is 0. The fourth-order valence-electron chi connectivity index (χ4n) is 1.31. The van der Waals surface area contributed by atoms with Crippen LogP contribution in [-0.2, 0) is 0 Å². The molecule has 3 nitrogen and oxygen atoms in total. The van der Waals surface area contributed by atoms with Gasteiger partial charge in [-0.1, -0.05) is 23.2 Å². The second-order valence-electron chi connectivity index (χ2n) is 3.22. The number of aliphatic hydroxyl groups is 1. The summed E-state index contributed by atoms with van der Waals surface area (Å²) in [6.45, 7) is 5.54. The van der Waals surface area contributed by atoms with Crippen molar-refractivity contribution in [2.45, 2.75) is 13.0 Å². The Kier molecular flexibility index (Phi) is 2.31. The molecule has 1 atom stereocenters. The summed E-state index contributed by atoms with van der Waals surface area (Å²) >= 11 is 1.30. The fourth-order valence-corrected chi connectivity index (χ4v) is 2.00. The number of benzene rings is 1. The number of hydrogen-bond donors (Lipinski definition) is 1. The summed E-state index contributed by atoms with van der Waals surface area (Å²) in [5.41, 5.74) is 2.39. The van der Waals surface area contributed by atoms with Gasteiger partial charge < -0.3 is 5.11 Å². The molecule has 0 radical (unpaired) electrons. The maximum Gasteiger partial charge on any atom is 0.106 e.